The molecule has 1 aliphatic rings. The second-order valence-electron chi connectivity index (χ2n) is 3.63. The van der Waals surface area contributed by atoms with Gasteiger partial charge in [-0.05, 0) is 25.3 Å². The monoisotopic (exact) mass is 223 g/mol. The van der Waals surface area contributed by atoms with Crippen molar-refractivity contribution in [3.8, 4) is 0 Å². The minimum atomic E-state index is -0.458. The van der Waals surface area contributed by atoms with Gasteiger partial charge in [0.05, 0.1) is 11.5 Å². The van der Waals surface area contributed by atoms with Crippen LogP contribution in [-0.4, -0.2) is 23.1 Å². The number of anilines is 1. The first-order valence-electron chi connectivity index (χ1n) is 5.28. The van der Waals surface area contributed by atoms with Crippen molar-refractivity contribution >= 4 is 11.5 Å². The van der Waals surface area contributed by atoms with Crippen molar-refractivity contribution in [1.29, 1.82) is 0 Å². The topological polar surface area (TPSA) is 68.5 Å². The lowest BCUT2D eigenvalue weighted by molar-refractivity contribution is -0.385. The Morgan fingerprint density at radius 2 is 2.25 bits per heavy atom. The maximum absolute atomic E-state index is 10.5. The van der Waals surface area contributed by atoms with Crippen LogP contribution in [0.2, 0.25) is 0 Å². The Kier molecular flexibility index (Phi) is 3.31. The largest absolute Gasteiger partial charge is 0.287 e. The molecule has 2 rings (SSSR count). The van der Waals surface area contributed by atoms with Crippen LogP contribution >= 0.6 is 0 Å². The van der Waals surface area contributed by atoms with Crippen LogP contribution in [0.25, 0.3) is 0 Å². The first kappa shape index (κ1) is 10.8. The summed E-state index contributed by atoms with van der Waals surface area (Å²) in [5.41, 5.74) is -0.00132. The fourth-order valence-electron chi connectivity index (χ4n) is 1.59. The third-order valence-corrected chi connectivity index (χ3v) is 2.45. The minimum absolute atomic E-state index is 0.00132. The normalized spacial score (nSPS) is 16.9. The van der Waals surface area contributed by atoms with E-state index in [4.69, 9.17) is 4.84 Å². The van der Waals surface area contributed by atoms with Gasteiger partial charge in [-0.15, -0.1) is 0 Å². The van der Waals surface area contributed by atoms with Gasteiger partial charge in [0.2, 0.25) is 0 Å². The average Bonchev–Trinajstić information content (AvgIpc) is 2.57. The first-order valence-corrected chi connectivity index (χ1v) is 5.28. The van der Waals surface area contributed by atoms with Crippen molar-refractivity contribution in [3.63, 3.8) is 0 Å². The Labute approximate surface area is 93.0 Å². The quantitative estimate of drug-likeness (QED) is 0.565. The summed E-state index contributed by atoms with van der Waals surface area (Å²) >= 11 is 0. The van der Waals surface area contributed by atoms with Gasteiger partial charge < -0.3 is 0 Å². The molecule has 1 aromatic rings. The van der Waals surface area contributed by atoms with Gasteiger partial charge in [-0.3, -0.25) is 15.0 Å². The lowest BCUT2D eigenvalue weighted by Crippen LogP contribution is -2.24. The molecule has 0 aliphatic carbocycles. The first-order chi connectivity index (χ1) is 7.77. The molecule has 1 aromatic heterocycles. The molecule has 16 heavy (non-hydrogen) atoms. The fourth-order valence-corrected chi connectivity index (χ4v) is 1.59. The summed E-state index contributed by atoms with van der Waals surface area (Å²) in [4.78, 5) is 19.5. The van der Waals surface area contributed by atoms with E-state index in [-0.39, 0.29) is 5.69 Å². The van der Waals surface area contributed by atoms with Gasteiger partial charge in [-0.1, -0.05) is 0 Å². The number of rotatable bonds is 2. The number of pyridine rings is 1. The molecule has 1 aliphatic heterocycles. The minimum Gasteiger partial charge on any atom is -0.272 e. The van der Waals surface area contributed by atoms with Crippen LogP contribution in [0.1, 0.15) is 19.3 Å². The van der Waals surface area contributed by atoms with E-state index in [1.54, 1.807) is 11.1 Å². The molecule has 0 radical (unpaired) electrons. The Bertz CT molecular complexity index is 358. The van der Waals surface area contributed by atoms with Crippen LogP contribution in [-0.2, 0) is 4.84 Å². The molecule has 0 atom stereocenters. The predicted octanol–water partition coefficient (Wildman–Crippen LogP) is 1.91. The molecule has 0 unspecified atom stereocenters. The number of aromatic nitrogens is 1. The lowest BCUT2D eigenvalue weighted by Gasteiger charge is -2.19. The lowest BCUT2D eigenvalue weighted by atomic mass is 10.2. The average molecular weight is 223 g/mol. The van der Waals surface area contributed by atoms with E-state index in [9.17, 15) is 10.1 Å². The maximum Gasteiger partial charge on any atom is 0.287 e. The van der Waals surface area contributed by atoms with Crippen LogP contribution in [0.3, 0.4) is 0 Å². The molecule has 6 nitrogen and oxygen atoms in total. The molecule has 1 saturated heterocycles. The summed E-state index contributed by atoms with van der Waals surface area (Å²) in [7, 11) is 0. The van der Waals surface area contributed by atoms with Crippen molar-refractivity contribution in [3.05, 3.63) is 28.4 Å². The molecule has 0 aromatic carbocycles. The highest BCUT2D eigenvalue weighted by Crippen LogP contribution is 2.18. The summed E-state index contributed by atoms with van der Waals surface area (Å²) in [6.07, 6.45) is 4.50. The van der Waals surface area contributed by atoms with E-state index in [2.05, 4.69) is 4.98 Å². The molecular weight excluding hydrogens is 210 g/mol. The zero-order valence-corrected chi connectivity index (χ0v) is 8.83. The standard InChI is InChI=1S/C10H13N3O3/c14-13(15)9-4-5-10(11-8-9)12-6-2-1-3-7-16-12/h4-5,8H,1-3,6-7H2. The zero-order chi connectivity index (χ0) is 11.4. The summed E-state index contributed by atoms with van der Waals surface area (Å²) in [5.74, 6) is 0.632. The van der Waals surface area contributed by atoms with E-state index < -0.39 is 4.92 Å². The molecule has 0 N–H and O–H groups in total. The predicted molar refractivity (Wildman–Crippen MR) is 58.0 cm³/mol. The smallest absolute Gasteiger partial charge is 0.272 e. The van der Waals surface area contributed by atoms with Gasteiger partial charge in [0.15, 0.2) is 5.82 Å². The highest BCUT2D eigenvalue weighted by Gasteiger charge is 2.13. The maximum atomic E-state index is 10.5. The van der Waals surface area contributed by atoms with E-state index >= 15 is 0 Å². The highest BCUT2D eigenvalue weighted by atomic mass is 16.7. The second-order valence-corrected chi connectivity index (χ2v) is 3.63. The van der Waals surface area contributed by atoms with Gasteiger partial charge in [-0.2, -0.15) is 0 Å². The molecule has 0 bridgehead atoms. The van der Waals surface area contributed by atoms with Crippen LogP contribution in [0.15, 0.2) is 18.3 Å². The van der Waals surface area contributed by atoms with Crippen LogP contribution in [0, 0.1) is 10.1 Å². The molecule has 0 spiro atoms. The number of nitrogens with zero attached hydrogens (tertiary/aromatic N) is 3. The van der Waals surface area contributed by atoms with Crippen molar-refractivity contribution in [2.45, 2.75) is 19.3 Å². The molecule has 6 heteroatoms. The van der Waals surface area contributed by atoms with Crippen molar-refractivity contribution in [1.82, 2.24) is 4.98 Å². The van der Waals surface area contributed by atoms with Crippen LogP contribution < -0.4 is 5.06 Å². The third-order valence-electron chi connectivity index (χ3n) is 2.45. The summed E-state index contributed by atoms with van der Waals surface area (Å²) < 4.78 is 0. The van der Waals surface area contributed by atoms with Crippen LogP contribution in [0.4, 0.5) is 11.5 Å². The van der Waals surface area contributed by atoms with Gasteiger partial charge >= 0.3 is 0 Å². The second kappa shape index (κ2) is 4.89. The summed E-state index contributed by atoms with van der Waals surface area (Å²) in [6, 6.07) is 3.06. The molecular formula is C10H13N3O3. The Hall–Kier alpha value is -1.69. The molecule has 0 amide bonds. The third kappa shape index (κ3) is 2.46. The summed E-state index contributed by atoms with van der Waals surface area (Å²) in [6.45, 7) is 1.46. The van der Waals surface area contributed by atoms with Crippen molar-refractivity contribution < 1.29 is 9.76 Å². The van der Waals surface area contributed by atoms with Gasteiger partial charge in [0, 0.05) is 12.6 Å². The summed E-state index contributed by atoms with van der Waals surface area (Å²) in [5, 5.41) is 12.2. The molecule has 1 fully saturated rings. The number of hydroxylamine groups is 1. The fraction of sp³-hybridized carbons (Fsp3) is 0.500. The van der Waals surface area contributed by atoms with E-state index in [1.807, 2.05) is 0 Å². The number of nitro groups is 1. The van der Waals surface area contributed by atoms with Gasteiger partial charge in [0.1, 0.15) is 6.20 Å². The van der Waals surface area contributed by atoms with Crippen molar-refractivity contribution in [2.24, 2.45) is 0 Å². The Morgan fingerprint density at radius 3 is 2.94 bits per heavy atom. The van der Waals surface area contributed by atoms with Gasteiger partial charge in [-0.25, -0.2) is 10.0 Å². The molecule has 86 valence electrons. The SMILES string of the molecule is O=[N+]([O-])c1ccc(N2CCCCCO2)nc1. The Balaban J connectivity index is 2.10. The molecule has 0 saturated carbocycles. The molecule has 2 heterocycles. The zero-order valence-electron chi connectivity index (χ0n) is 8.83. The number of hydrogen-bond donors (Lipinski definition) is 0. The van der Waals surface area contributed by atoms with Gasteiger partial charge in [0.25, 0.3) is 5.69 Å². The number of hydrogen-bond acceptors (Lipinski definition) is 5. The van der Waals surface area contributed by atoms with Crippen LogP contribution in [0.5, 0.6) is 0 Å². The van der Waals surface area contributed by atoms with E-state index in [0.29, 0.717) is 12.4 Å². The van der Waals surface area contributed by atoms with E-state index in [1.165, 1.54) is 12.3 Å². The van der Waals surface area contributed by atoms with E-state index in [0.717, 1.165) is 25.8 Å². The highest BCUT2D eigenvalue weighted by molar-refractivity contribution is 5.40. The van der Waals surface area contributed by atoms with Crippen molar-refractivity contribution in [2.75, 3.05) is 18.2 Å². The Morgan fingerprint density at radius 1 is 1.38 bits per heavy atom.